The summed E-state index contributed by atoms with van der Waals surface area (Å²) < 4.78 is 7.78. The van der Waals surface area contributed by atoms with Crippen molar-refractivity contribution in [2.45, 2.75) is 0 Å². The van der Waals surface area contributed by atoms with E-state index in [2.05, 4.69) is 10.5 Å². The molecule has 0 saturated carbocycles. The number of rotatable bonds is 3. The van der Waals surface area contributed by atoms with Crippen LogP contribution in [0.3, 0.4) is 0 Å². The van der Waals surface area contributed by atoms with Crippen molar-refractivity contribution in [3.8, 4) is 0 Å². The van der Waals surface area contributed by atoms with Crippen molar-refractivity contribution in [3.05, 3.63) is 29.1 Å². The fraction of sp³-hybridized carbons (Fsp3) is 0.273. The number of hydrogen-bond acceptors (Lipinski definition) is 4. The molecule has 0 unspecified atom stereocenters. The number of ether oxygens (including phenoxy) is 1. The Labute approximate surface area is 102 Å². The molecule has 1 amide bonds. The summed E-state index contributed by atoms with van der Waals surface area (Å²) in [6.45, 7) is 0.0120. The summed E-state index contributed by atoms with van der Waals surface area (Å²) in [5.41, 5.74) is 3.55. The zero-order valence-electron chi connectivity index (χ0n) is 9.64. The second-order valence-corrected chi connectivity index (χ2v) is 4.50. The van der Waals surface area contributed by atoms with Gasteiger partial charge in [-0.25, -0.2) is 5.43 Å². The highest BCUT2D eigenvalue weighted by Crippen LogP contribution is 2.14. The van der Waals surface area contributed by atoms with Gasteiger partial charge in [-0.15, -0.1) is 5.10 Å². The third kappa shape index (κ3) is 2.54. The topological polar surface area (TPSA) is 55.6 Å². The molecule has 1 aromatic carbocycles. The van der Waals surface area contributed by atoms with Gasteiger partial charge in [0.25, 0.3) is 5.91 Å². The van der Waals surface area contributed by atoms with E-state index in [4.69, 9.17) is 4.74 Å². The normalized spacial score (nSPS) is 12.0. The minimum Gasteiger partial charge on any atom is -0.375 e. The highest BCUT2D eigenvalue weighted by molar-refractivity contribution is 7.16. The lowest BCUT2D eigenvalue weighted by atomic mass is 10.3. The number of methoxy groups -OCH3 is 1. The molecule has 0 spiro atoms. The Hall–Kier alpha value is -1.66. The SMILES string of the molecule is COCC(=O)NN=c1sc2ccccc2n1C. The van der Waals surface area contributed by atoms with Gasteiger partial charge in [-0.1, -0.05) is 23.5 Å². The van der Waals surface area contributed by atoms with E-state index < -0.39 is 0 Å². The molecular formula is C11H13N3O2S. The molecule has 0 saturated heterocycles. The van der Waals surface area contributed by atoms with Crippen molar-refractivity contribution in [3.63, 3.8) is 0 Å². The van der Waals surface area contributed by atoms with Gasteiger partial charge in [0.1, 0.15) is 6.61 Å². The first-order chi connectivity index (χ1) is 8.22. The first kappa shape index (κ1) is 11.8. The summed E-state index contributed by atoms with van der Waals surface area (Å²) in [6.07, 6.45) is 0. The Bertz CT molecular complexity index is 600. The minimum absolute atomic E-state index is 0.0120. The van der Waals surface area contributed by atoms with E-state index in [1.54, 1.807) is 0 Å². The maximum atomic E-state index is 11.2. The third-order valence-electron chi connectivity index (χ3n) is 2.27. The maximum absolute atomic E-state index is 11.2. The number of para-hydroxylation sites is 1. The van der Waals surface area contributed by atoms with E-state index in [0.29, 0.717) is 0 Å². The number of thiazole rings is 1. The number of amides is 1. The predicted octanol–water partition coefficient (Wildman–Crippen LogP) is 0.818. The molecule has 0 fully saturated rings. The van der Waals surface area contributed by atoms with Crippen LogP contribution in [0.5, 0.6) is 0 Å². The zero-order valence-corrected chi connectivity index (χ0v) is 10.5. The van der Waals surface area contributed by atoms with Gasteiger partial charge in [-0.05, 0) is 12.1 Å². The molecule has 0 bridgehead atoms. The molecular weight excluding hydrogens is 238 g/mol. The first-order valence-electron chi connectivity index (χ1n) is 5.08. The lowest BCUT2D eigenvalue weighted by Crippen LogP contribution is -2.26. The number of aromatic nitrogens is 1. The summed E-state index contributed by atoms with van der Waals surface area (Å²) in [5.74, 6) is -0.259. The van der Waals surface area contributed by atoms with Crippen molar-refractivity contribution in [1.29, 1.82) is 0 Å². The monoisotopic (exact) mass is 251 g/mol. The Morgan fingerprint density at radius 3 is 3.00 bits per heavy atom. The van der Waals surface area contributed by atoms with Gasteiger partial charge in [0.05, 0.1) is 10.2 Å². The molecule has 1 aromatic heterocycles. The van der Waals surface area contributed by atoms with Crippen molar-refractivity contribution in [2.24, 2.45) is 12.1 Å². The number of carbonyl (C=O) groups is 1. The number of benzene rings is 1. The van der Waals surface area contributed by atoms with Gasteiger partial charge in [-0.3, -0.25) is 4.79 Å². The van der Waals surface area contributed by atoms with Crippen LogP contribution in [0, 0.1) is 0 Å². The smallest absolute Gasteiger partial charge is 0.266 e. The second-order valence-electron chi connectivity index (χ2n) is 3.49. The summed E-state index contributed by atoms with van der Waals surface area (Å²) in [4.78, 5) is 12.0. The van der Waals surface area contributed by atoms with E-state index in [0.717, 1.165) is 15.0 Å². The largest absolute Gasteiger partial charge is 0.375 e. The van der Waals surface area contributed by atoms with E-state index in [1.165, 1.54) is 18.4 Å². The van der Waals surface area contributed by atoms with Gasteiger partial charge in [0.15, 0.2) is 0 Å². The average molecular weight is 251 g/mol. The number of carbonyl (C=O) groups excluding carboxylic acids is 1. The summed E-state index contributed by atoms with van der Waals surface area (Å²) in [7, 11) is 3.39. The summed E-state index contributed by atoms with van der Waals surface area (Å²) >= 11 is 1.52. The van der Waals surface area contributed by atoms with Crippen LogP contribution in [0.15, 0.2) is 29.4 Å². The first-order valence-corrected chi connectivity index (χ1v) is 5.90. The molecule has 90 valence electrons. The maximum Gasteiger partial charge on any atom is 0.266 e. The van der Waals surface area contributed by atoms with E-state index in [9.17, 15) is 4.79 Å². The standard InChI is InChI=1S/C11H13N3O2S/c1-14-8-5-3-4-6-9(8)17-11(14)13-12-10(15)7-16-2/h3-6H,7H2,1-2H3,(H,12,15). The number of aryl methyl sites for hydroxylation is 1. The van der Waals surface area contributed by atoms with Gasteiger partial charge < -0.3 is 9.30 Å². The van der Waals surface area contributed by atoms with Crippen molar-refractivity contribution < 1.29 is 9.53 Å². The number of nitrogens with one attached hydrogen (secondary N) is 1. The highest BCUT2D eigenvalue weighted by Gasteiger charge is 2.02. The molecule has 1 heterocycles. The predicted molar refractivity (Wildman–Crippen MR) is 66.4 cm³/mol. The van der Waals surface area contributed by atoms with Crippen LogP contribution in [-0.4, -0.2) is 24.2 Å². The van der Waals surface area contributed by atoms with Crippen LogP contribution in [0.2, 0.25) is 0 Å². The molecule has 0 atom stereocenters. The minimum atomic E-state index is -0.259. The number of fused-ring (bicyclic) bond motifs is 1. The van der Waals surface area contributed by atoms with Crippen molar-refractivity contribution >= 4 is 27.5 Å². The molecule has 1 N–H and O–H groups in total. The van der Waals surface area contributed by atoms with Crippen LogP contribution >= 0.6 is 11.3 Å². The highest BCUT2D eigenvalue weighted by atomic mass is 32.1. The summed E-state index contributed by atoms with van der Waals surface area (Å²) in [5, 5.41) is 4.06. The lowest BCUT2D eigenvalue weighted by Gasteiger charge is -1.97. The molecule has 0 aliphatic rings. The Balaban J connectivity index is 2.32. The second kappa shape index (κ2) is 5.11. The molecule has 6 heteroatoms. The molecule has 2 rings (SSSR count). The van der Waals surface area contributed by atoms with Crippen LogP contribution in [0.4, 0.5) is 0 Å². The van der Waals surface area contributed by atoms with Crippen molar-refractivity contribution in [1.82, 2.24) is 9.99 Å². The van der Waals surface area contributed by atoms with Crippen LogP contribution in [0.1, 0.15) is 0 Å². The number of nitrogens with zero attached hydrogens (tertiary/aromatic N) is 2. The molecule has 2 aromatic rings. The summed E-state index contributed by atoms with van der Waals surface area (Å²) in [6, 6.07) is 7.99. The van der Waals surface area contributed by atoms with Crippen LogP contribution < -0.4 is 10.2 Å². The quantitative estimate of drug-likeness (QED) is 0.821. The molecule has 0 aliphatic carbocycles. The Morgan fingerprint density at radius 2 is 2.29 bits per heavy atom. The van der Waals surface area contributed by atoms with E-state index in [1.807, 2.05) is 35.9 Å². The van der Waals surface area contributed by atoms with E-state index in [-0.39, 0.29) is 12.5 Å². The van der Waals surface area contributed by atoms with Crippen molar-refractivity contribution in [2.75, 3.05) is 13.7 Å². The lowest BCUT2D eigenvalue weighted by molar-refractivity contribution is -0.124. The average Bonchev–Trinajstić information content (AvgIpc) is 2.65. The number of hydrogen-bond donors (Lipinski definition) is 1. The fourth-order valence-corrected chi connectivity index (χ4v) is 2.44. The Morgan fingerprint density at radius 1 is 1.53 bits per heavy atom. The zero-order chi connectivity index (χ0) is 12.3. The fourth-order valence-electron chi connectivity index (χ4n) is 1.46. The molecule has 0 radical (unpaired) electrons. The van der Waals surface area contributed by atoms with Crippen LogP contribution in [0.25, 0.3) is 10.2 Å². The third-order valence-corrected chi connectivity index (χ3v) is 3.38. The molecule has 5 nitrogen and oxygen atoms in total. The van der Waals surface area contributed by atoms with Gasteiger partial charge in [0, 0.05) is 14.2 Å². The van der Waals surface area contributed by atoms with Crippen LogP contribution in [-0.2, 0) is 16.6 Å². The van der Waals surface area contributed by atoms with E-state index >= 15 is 0 Å². The molecule has 0 aliphatic heterocycles. The molecule has 17 heavy (non-hydrogen) atoms. The van der Waals surface area contributed by atoms with Gasteiger partial charge >= 0.3 is 0 Å². The Kier molecular flexibility index (Phi) is 3.55. The van der Waals surface area contributed by atoms with Gasteiger partial charge in [-0.2, -0.15) is 0 Å². The van der Waals surface area contributed by atoms with Gasteiger partial charge in [0.2, 0.25) is 4.80 Å².